The summed E-state index contributed by atoms with van der Waals surface area (Å²) in [5.74, 6) is -3.73. The first-order chi connectivity index (χ1) is 20.7. The van der Waals surface area contributed by atoms with Gasteiger partial charge in [0.1, 0.15) is 11.8 Å². The molecule has 13 heteroatoms. The fraction of sp³-hybridized carbons (Fsp3) is 0.567. The smallest absolute Gasteiger partial charge is 0.327 e. The number of hydrogen-bond donors (Lipinski definition) is 2. The SMILES string of the molecule is CC(C)C(C(=O)O)N1C(=O)C2C3CC(C2C1=O)C1C3Sc2[nH]c(=O)sc2[C@@H]1c1ccccc1OCC(=O)N1CCOCC1. The molecule has 8 atom stereocenters. The molecule has 7 unspecified atom stereocenters. The number of aromatic nitrogens is 1. The van der Waals surface area contributed by atoms with Gasteiger partial charge in [-0.2, -0.15) is 0 Å². The third-order valence-electron chi connectivity index (χ3n) is 9.89. The summed E-state index contributed by atoms with van der Waals surface area (Å²) < 4.78 is 11.5. The number of para-hydroxylation sites is 1. The average Bonchev–Trinajstić information content (AvgIpc) is 3.72. The largest absolute Gasteiger partial charge is 0.483 e. The number of carbonyl (C=O) groups is 4. The number of fused-ring (bicyclic) bond motifs is 9. The van der Waals surface area contributed by atoms with E-state index < -0.39 is 29.8 Å². The number of likely N-dealkylation sites (tertiary alicyclic amines) is 1. The van der Waals surface area contributed by atoms with Crippen LogP contribution >= 0.6 is 23.1 Å². The van der Waals surface area contributed by atoms with Crippen molar-refractivity contribution in [1.82, 2.24) is 14.8 Å². The monoisotopic (exact) mass is 627 g/mol. The molecule has 11 nitrogen and oxygen atoms in total. The zero-order valence-electron chi connectivity index (χ0n) is 23.8. The van der Waals surface area contributed by atoms with Crippen molar-refractivity contribution < 1.29 is 33.8 Å². The van der Waals surface area contributed by atoms with E-state index in [0.29, 0.717) is 38.5 Å². The number of aliphatic carboxylic acids is 1. The lowest BCUT2D eigenvalue weighted by Crippen LogP contribution is -2.49. The average molecular weight is 628 g/mol. The number of H-pyrrole nitrogens is 1. The van der Waals surface area contributed by atoms with Gasteiger partial charge in [-0.25, -0.2) is 4.79 Å². The van der Waals surface area contributed by atoms with E-state index >= 15 is 0 Å². The number of amides is 3. The lowest BCUT2D eigenvalue weighted by Gasteiger charge is -2.43. The summed E-state index contributed by atoms with van der Waals surface area (Å²) in [6, 6.07) is 6.33. The Kier molecular flexibility index (Phi) is 7.17. The number of carboxylic acid groups (broad SMARTS) is 1. The van der Waals surface area contributed by atoms with Gasteiger partial charge in [0.05, 0.1) is 30.1 Å². The minimum Gasteiger partial charge on any atom is -0.483 e. The minimum atomic E-state index is -1.20. The molecule has 2 saturated heterocycles. The van der Waals surface area contributed by atoms with E-state index in [1.165, 1.54) is 0 Å². The number of nitrogens with one attached hydrogen (secondary N) is 1. The predicted octanol–water partition coefficient (Wildman–Crippen LogP) is 2.26. The Morgan fingerprint density at radius 2 is 1.79 bits per heavy atom. The predicted molar refractivity (Wildman–Crippen MR) is 156 cm³/mol. The molecule has 3 aliphatic heterocycles. The molecule has 228 valence electrons. The van der Waals surface area contributed by atoms with Crippen LogP contribution in [0.25, 0.3) is 0 Å². The molecule has 5 aliphatic rings. The van der Waals surface area contributed by atoms with Crippen molar-refractivity contribution >= 4 is 46.8 Å². The standard InChI is InChI=1S/C30H33N3O8S2/c1-13(2)23(29(37)38)33-27(35)21-15-11-16(22(21)28(33)36)24-20(15)19(25-26(42-24)31-30(39)43-25)14-5-3-4-6-17(14)41-12-18(34)32-7-9-40-10-8-32/h3-6,13,15-16,19-24H,7-12H2,1-2H3,(H,31,39)(H,37,38)/t15?,16?,19-,20?,21?,22?,23?,24?/m1/s1. The number of aromatic amines is 1. The molecule has 3 amide bonds. The van der Waals surface area contributed by atoms with Crippen molar-refractivity contribution in [2.75, 3.05) is 32.9 Å². The second-order valence-electron chi connectivity index (χ2n) is 12.4. The molecule has 2 N–H and O–H groups in total. The van der Waals surface area contributed by atoms with Crippen LogP contribution < -0.4 is 9.61 Å². The maximum absolute atomic E-state index is 13.9. The van der Waals surface area contributed by atoms with Crippen molar-refractivity contribution in [2.45, 2.75) is 42.5 Å². The zero-order valence-corrected chi connectivity index (χ0v) is 25.4. The van der Waals surface area contributed by atoms with Crippen LogP contribution in [0.3, 0.4) is 0 Å². The number of imide groups is 1. The highest BCUT2D eigenvalue weighted by molar-refractivity contribution is 8.00. The normalized spacial score (nSPS) is 31.7. The van der Waals surface area contributed by atoms with E-state index in [1.807, 2.05) is 24.3 Å². The Bertz CT molecular complexity index is 1550. The van der Waals surface area contributed by atoms with Gasteiger partial charge in [0.2, 0.25) is 11.8 Å². The summed E-state index contributed by atoms with van der Waals surface area (Å²) in [5.41, 5.74) is 0.840. The highest BCUT2D eigenvalue weighted by atomic mass is 32.2. The van der Waals surface area contributed by atoms with Crippen molar-refractivity contribution in [1.29, 1.82) is 0 Å². The maximum atomic E-state index is 13.9. The van der Waals surface area contributed by atoms with Crippen molar-refractivity contribution in [2.24, 2.45) is 35.5 Å². The van der Waals surface area contributed by atoms with E-state index in [9.17, 15) is 29.1 Å². The quantitative estimate of drug-likeness (QED) is 0.442. The maximum Gasteiger partial charge on any atom is 0.327 e. The van der Waals surface area contributed by atoms with E-state index in [-0.39, 0.29) is 58.1 Å². The number of nitrogens with zero attached hydrogens (tertiary/aromatic N) is 2. The van der Waals surface area contributed by atoms with Crippen LogP contribution in [0.5, 0.6) is 5.75 Å². The Hall–Kier alpha value is -3.16. The van der Waals surface area contributed by atoms with Gasteiger partial charge in [-0.1, -0.05) is 43.4 Å². The first-order valence-corrected chi connectivity index (χ1v) is 16.4. The fourth-order valence-corrected chi connectivity index (χ4v) is 11.1. The molecular weight excluding hydrogens is 594 g/mol. The number of carbonyl (C=O) groups excluding carboxylic acids is 3. The van der Waals surface area contributed by atoms with Gasteiger partial charge in [-0.3, -0.25) is 24.1 Å². The first kappa shape index (κ1) is 28.6. The Labute approximate surface area is 255 Å². The number of ether oxygens (including phenoxy) is 2. The fourth-order valence-electron chi connectivity index (χ4n) is 8.27. The third kappa shape index (κ3) is 4.45. The molecule has 43 heavy (non-hydrogen) atoms. The van der Waals surface area contributed by atoms with Crippen molar-refractivity contribution in [3.63, 3.8) is 0 Å². The number of morpholine rings is 1. The van der Waals surface area contributed by atoms with Crippen LogP contribution in [-0.4, -0.2) is 87.8 Å². The van der Waals surface area contributed by atoms with Crippen LogP contribution in [0.1, 0.15) is 36.6 Å². The van der Waals surface area contributed by atoms with Gasteiger partial charge in [0, 0.05) is 34.7 Å². The molecule has 0 spiro atoms. The Morgan fingerprint density at radius 1 is 1.09 bits per heavy atom. The van der Waals surface area contributed by atoms with Crippen LogP contribution in [0.4, 0.5) is 0 Å². The Morgan fingerprint density at radius 3 is 2.49 bits per heavy atom. The summed E-state index contributed by atoms with van der Waals surface area (Å²) in [7, 11) is 0. The molecule has 2 saturated carbocycles. The molecule has 1 aromatic heterocycles. The van der Waals surface area contributed by atoms with Gasteiger partial charge in [0.25, 0.3) is 5.91 Å². The van der Waals surface area contributed by atoms with Gasteiger partial charge >= 0.3 is 10.8 Å². The van der Waals surface area contributed by atoms with Gasteiger partial charge in [-0.05, 0) is 36.2 Å². The molecule has 0 radical (unpaired) electrons. The second-order valence-corrected chi connectivity index (χ2v) is 14.6. The lowest BCUT2D eigenvalue weighted by molar-refractivity contribution is -0.157. The van der Waals surface area contributed by atoms with Crippen molar-refractivity contribution in [3.8, 4) is 5.75 Å². The highest BCUT2D eigenvalue weighted by Crippen LogP contribution is 2.69. The number of rotatable bonds is 7. The molecule has 2 aliphatic carbocycles. The molecule has 4 fully saturated rings. The van der Waals surface area contributed by atoms with Gasteiger partial charge < -0.3 is 24.5 Å². The topological polar surface area (TPSA) is 146 Å². The molecule has 2 aromatic rings. The third-order valence-corrected chi connectivity index (χ3v) is 12.5. The zero-order chi connectivity index (χ0) is 30.2. The van der Waals surface area contributed by atoms with E-state index in [4.69, 9.17) is 9.47 Å². The first-order valence-electron chi connectivity index (χ1n) is 14.7. The highest BCUT2D eigenvalue weighted by Gasteiger charge is 2.70. The molecule has 1 aromatic carbocycles. The Balaban J connectivity index is 1.24. The summed E-state index contributed by atoms with van der Waals surface area (Å²) in [6.07, 6.45) is 0.691. The van der Waals surface area contributed by atoms with E-state index in [1.54, 1.807) is 30.5 Å². The number of benzene rings is 1. The molecular formula is C30H33N3O8S2. The lowest BCUT2D eigenvalue weighted by atomic mass is 9.68. The van der Waals surface area contributed by atoms with Gasteiger partial charge in [0.15, 0.2) is 6.61 Å². The van der Waals surface area contributed by atoms with Crippen molar-refractivity contribution in [3.05, 3.63) is 44.4 Å². The molecule has 2 bridgehead atoms. The number of thioether (sulfide) groups is 1. The minimum absolute atomic E-state index is 0.0453. The van der Waals surface area contributed by atoms with Crippen LogP contribution in [0.15, 0.2) is 34.1 Å². The van der Waals surface area contributed by atoms with E-state index in [2.05, 4.69) is 4.98 Å². The van der Waals surface area contributed by atoms with Crippen LogP contribution in [0, 0.1) is 35.5 Å². The van der Waals surface area contributed by atoms with E-state index in [0.717, 1.165) is 31.7 Å². The summed E-state index contributed by atoms with van der Waals surface area (Å²) in [6.45, 7) is 5.31. The summed E-state index contributed by atoms with van der Waals surface area (Å²) in [4.78, 5) is 71.8. The number of thiazole rings is 1. The van der Waals surface area contributed by atoms with Crippen LogP contribution in [-0.2, 0) is 23.9 Å². The number of hydrogen-bond acceptors (Lipinski definition) is 9. The molecule has 7 rings (SSSR count). The summed E-state index contributed by atoms with van der Waals surface area (Å²) >= 11 is 2.72. The van der Waals surface area contributed by atoms with Gasteiger partial charge in [-0.15, -0.1) is 11.8 Å². The second kappa shape index (κ2) is 10.8. The number of carboxylic acids is 1. The molecule has 4 heterocycles. The summed E-state index contributed by atoms with van der Waals surface area (Å²) in [5, 5.41) is 10.7. The van der Waals surface area contributed by atoms with Crippen LogP contribution in [0.2, 0.25) is 0 Å².